The predicted octanol–water partition coefficient (Wildman–Crippen LogP) is 2.32. The van der Waals surface area contributed by atoms with Gasteiger partial charge in [0.2, 0.25) is 0 Å². The van der Waals surface area contributed by atoms with Crippen molar-refractivity contribution in [2.45, 2.75) is 32.4 Å². The molecule has 3 heteroatoms. The van der Waals surface area contributed by atoms with Crippen molar-refractivity contribution in [3.8, 4) is 0 Å². The maximum atomic E-state index is 3.54. The van der Waals surface area contributed by atoms with Gasteiger partial charge < -0.3 is 10.2 Å². The molecule has 1 aliphatic heterocycles. The first kappa shape index (κ1) is 9.99. The lowest BCUT2D eigenvalue weighted by Gasteiger charge is -2.40. The fourth-order valence-electron chi connectivity index (χ4n) is 2.06. The van der Waals surface area contributed by atoms with Gasteiger partial charge in [-0.3, -0.25) is 0 Å². The van der Waals surface area contributed by atoms with Gasteiger partial charge in [0.05, 0.1) is 0 Å². The highest BCUT2D eigenvalue weighted by Crippen LogP contribution is 2.23. The minimum atomic E-state index is 0.609. The Balaban J connectivity index is 2.13. The quantitative estimate of drug-likeness (QED) is 0.806. The Morgan fingerprint density at radius 2 is 2.50 bits per heavy atom. The Hall–Kier alpha value is -0.540. The van der Waals surface area contributed by atoms with Crippen LogP contribution in [0.4, 0.5) is 5.69 Å². The largest absolute Gasteiger partial charge is 0.365 e. The van der Waals surface area contributed by atoms with Crippen molar-refractivity contribution in [3.05, 3.63) is 16.8 Å². The van der Waals surface area contributed by atoms with E-state index in [1.165, 1.54) is 12.1 Å². The Kier molecular flexibility index (Phi) is 3.08. The molecule has 1 fully saturated rings. The molecule has 2 heterocycles. The number of rotatable bonds is 2. The molecule has 78 valence electrons. The monoisotopic (exact) mass is 210 g/mol. The predicted molar refractivity (Wildman–Crippen MR) is 63.2 cm³/mol. The average Bonchev–Trinajstić information content (AvgIpc) is 2.70. The Bertz CT molecular complexity index is 271. The summed E-state index contributed by atoms with van der Waals surface area (Å²) in [5.41, 5.74) is 1.40. The van der Waals surface area contributed by atoms with Gasteiger partial charge in [0, 0.05) is 36.2 Å². The zero-order chi connectivity index (χ0) is 9.97. The standard InChI is InChI=1S/C11H18N2S/c1-3-10-6-12-9(2)7-13(10)11-4-5-14-8-11/h4-5,8-10,12H,3,6-7H2,1-2H3. The smallest absolute Gasteiger partial charge is 0.0478 e. The summed E-state index contributed by atoms with van der Waals surface area (Å²) >= 11 is 1.78. The van der Waals surface area contributed by atoms with E-state index < -0.39 is 0 Å². The third kappa shape index (κ3) is 1.93. The van der Waals surface area contributed by atoms with E-state index in [0.717, 1.165) is 13.1 Å². The third-order valence-electron chi connectivity index (χ3n) is 2.92. The lowest BCUT2D eigenvalue weighted by Crippen LogP contribution is -2.55. The fourth-order valence-corrected chi connectivity index (χ4v) is 2.71. The molecule has 0 radical (unpaired) electrons. The van der Waals surface area contributed by atoms with Crippen molar-refractivity contribution in [1.82, 2.24) is 5.32 Å². The molecule has 1 aromatic heterocycles. The van der Waals surface area contributed by atoms with Gasteiger partial charge in [-0.15, -0.1) is 0 Å². The summed E-state index contributed by atoms with van der Waals surface area (Å²) < 4.78 is 0. The topological polar surface area (TPSA) is 15.3 Å². The number of nitrogens with zero attached hydrogens (tertiary/aromatic N) is 1. The van der Waals surface area contributed by atoms with E-state index in [4.69, 9.17) is 0 Å². The van der Waals surface area contributed by atoms with Crippen molar-refractivity contribution in [1.29, 1.82) is 0 Å². The van der Waals surface area contributed by atoms with Crippen molar-refractivity contribution in [2.24, 2.45) is 0 Å². The molecule has 2 rings (SSSR count). The Morgan fingerprint density at radius 3 is 3.14 bits per heavy atom. The van der Waals surface area contributed by atoms with E-state index in [0.29, 0.717) is 12.1 Å². The van der Waals surface area contributed by atoms with Gasteiger partial charge in [-0.25, -0.2) is 0 Å². The molecular weight excluding hydrogens is 192 g/mol. The molecule has 0 aliphatic carbocycles. The summed E-state index contributed by atoms with van der Waals surface area (Å²) in [6.07, 6.45) is 1.22. The van der Waals surface area contributed by atoms with Gasteiger partial charge in [0.25, 0.3) is 0 Å². The number of hydrogen-bond donors (Lipinski definition) is 1. The van der Waals surface area contributed by atoms with Crippen LogP contribution < -0.4 is 10.2 Å². The molecule has 14 heavy (non-hydrogen) atoms. The lowest BCUT2D eigenvalue weighted by atomic mass is 10.1. The number of hydrogen-bond acceptors (Lipinski definition) is 3. The zero-order valence-electron chi connectivity index (χ0n) is 8.86. The average molecular weight is 210 g/mol. The normalized spacial score (nSPS) is 28.0. The molecule has 1 aliphatic rings. The first-order valence-corrected chi connectivity index (χ1v) is 6.27. The zero-order valence-corrected chi connectivity index (χ0v) is 9.68. The number of nitrogens with one attached hydrogen (secondary N) is 1. The molecule has 2 atom stereocenters. The molecule has 2 unspecified atom stereocenters. The van der Waals surface area contributed by atoms with Crippen LogP contribution in [0.3, 0.4) is 0 Å². The summed E-state index contributed by atoms with van der Waals surface area (Å²) in [5.74, 6) is 0. The number of anilines is 1. The van der Waals surface area contributed by atoms with E-state index in [9.17, 15) is 0 Å². The van der Waals surface area contributed by atoms with Crippen molar-refractivity contribution >= 4 is 17.0 Å². The molecule has 0 aromatic carbocycles. The van der Waals surface area contributed by atoms with Crippen LogP contribution in [0, 0.1) is 0 Å². The van der Waals surface area contributed by atoms with Gasteiger partial charge in [-0.1, -0.05) is 6.92 Å². The van der Waals surface area contributed by atoms with Crippen molar-refractivity contribution < 1.29 is 0 Å². The van der Waals surface area contributed by atoms with E-state index in [1.54, 1.807) is 11.3 Å². The Morgan fingerprint density at radius 1 is 1.64 bits per heavy atom. The maximum Gasteiger partial charge on any atom is 0.0478 e. The highest BCUT2D eigenvalue weighted by atomic mass is 32.1. The maximum absolute atomic E-state index is 3.54. The van der Waals surface area contributed by atoms with Crippen molar-refractivity contribution in [3.63, 3.8) is 0 Å². The summed E-state index contributed by atoms with van der Waals surface area (Å²) in [4.78, 5) is 2.54. The fraction of sp³-hybridized carbons (Fsp3) is 0.636. The second kappa shape index (κ2) is 4.32. The summed E-state index contributed by atoms with van der Waals surface area (Å²) in [6.45, 7) is 6.77. The molecule has 1 saturated heterocycles. The second-order valence-corrected chi connectivity index (χ2v) is 4.79. The van der Waals surface area contributed by atoms with Crippen LogP contribution in [-0.2, 0) is 0 Å². The summed E-state index contributed by atoms with van der Waals surface area (Å²) in [5, 5.41) is 7.95. The van der Waals surface area contributed by atoms with Crippen molar-refractivity contribution in [2.75, 3.05) is 18.0 Å². The van der Waals surface area contributed by atoms with Crippen LogP contribution in [0.5, 0.6) is 0 Å². The molecule has 0 spiro atoms. The molecule has 0 amide bonds. The first-order chi connectivity index (χ1) is 6.81. The third-order valence-corrected chi connectivity index (χ3v) is 3.59. The molecule has 2 nitrogen and oxygen atoms in total. The summed E-state index contributed by atoms with van der Waals surface area (Å²) in [7, 11) is 0. The van der Waals surface area contributed by atoms with E-state index in [1.807, 2.05) is 0 Å². The van der Waals surface area contributed by atoms with Crippen LogP contribution in [0.15, 0.2) is 16.8 Å². The minimum absolute atomic E-state index is 0.609. The minimum Gasteiger partial charge on any atom is -0.365 e. The van der Waals surface area contributed by atoms with Gasteiger partial charge in [-0.2, -0.15) is 11.3 Å². The second-order valence-electron chi connectivity index (χ2n) is 4.01. The van der Waals surface area contributed by atoms with Crippen LogP contribution in [-0.4, -0.2) is 25.2 Å². The van der Waals surface area contributed by atoms with Crippen LogP contribution in [0.2, 0.25) is 0 Å². The molecule has 0 saturated carbocycles. The van der Waals surface area contributed by atoms with Crippen LogP contribution in [0.25, 0.3) is 0 Å². The molecule has 1 N–H and O–H groups in total. The Labute approximate surface area is 89.9 Å². The van der Waals surface area contributed by atoms with Gasteiger partial charge in [-0.05, 0) is 24.8 Å². The van der Waals surface area contributed by atoms with E-state index in [-0.39, 0.29) is 0 Å². The van der Waals surface area contributed by atoms with Gasteiger partial charge in [0.1, 0.15) is 0 Å². The van der Waals surface area contributed by atoms with E-state index >= 15 is 0 Å². The summed E-state index contributed by atoms with van der Waals surface area (Å²) in [6, 6.07) is 3.50. The first-order valence-electron chi connectivity index (χ1n) is 5.33. The highest BCUT2D eigenvalue weighted by molar-refractivity contribution is 7.08. The van der Waals surface area contributed by atoms with Gasteiger partial charge >= 0.3 is 0 Å². The van der Waals surface area contributed by atoms with E-state index in [2.05, 4.69) is 40.9 Å². The number of thiophene rings is 1. The van der Waals surface area contributed by atoms with Crippen LogP contribution in [0.1, 0.15) is 20.3 Å². The number of piperazine rings is 1. The molecular formula is C11H18N2S. The molecule has 0 bridgehead atoms. The van der Waals surface area contributed by atoms with Crippen LogP contribution >= 0.6 is 11.3 Å². The highest BCUT2D eigenvalue weighted by Gasteiger charge is 2.24. The van der Waals surface area contributed by atoms with Gasteiger partial charge in [0.15, 0.2) is 0 Å². The lowest BCUT2D eigenvalue weighted by molar-refractivity contribution is 0.402. The molecule has 1 aromatic rings. The SMILES string of the molecule is CCC1CNC(C)CN1c1ccsc1.